The second-order valence-electron chi connectivity index (χ2n) is 6.36. The van der Waals surface area contributed by atoms with Gasteiger partial charge < -0.3 is 15.1 Å². The second-order valence-corrected chi connectivity index (χ2v) is 6.36. The molecule has 2 atom stereocenters. The third-order valence-electron chi connectivity index (χ3n) is 4.69. The molecule has 1 fully saturated rings. The number of rotatable bonds is 1. The van der Waals surface area contributed by atoms with E-state index in [-0.39, 0.29) is 23.8 Å². The summed E-state index contributed by atoms with van der Waals surface area (Å²) >= 11 is 0. The van der Waals surface area contributed by atoms with Crippen molar-refractivity contribution in [2.24, 2.45) is 5.92 Å². The van der Waals surface area contributed by atoms with Gasteiger partial charge in [0.1, 0.15) is 0 Å². The zero-order chi connectivity index (χ0) is 15.7. The van der Waals surface area contributed by atoms with E-state index in [0.717, 1.165) is 13.0 Å². The van der Waals surface area contributed by atoms with Gasteiger partial charge in [0.05, 0.1) is 0 Å². The second kappa shape index (κ2) is 5.99. The maximum atomic E-state index is 12.9. The van der Waals surface area contributed by atoms with Gasteiger partial charge in [0, 0.05) is 50.7 Å². The highest BCUT2D eigenvalue weighted by atomic mass is 16.2. The van der Waals surface area contributed by atoms with Gasteiger partial charge in [0.15, 0.2) is 0 Å². The molecule has 2 aliphatic heterocycles. The molecule has 1 N–H and O–H groups in total. The fourth-order valence-corrected chi connectivity index (χ4v) is 3.47. The number of hydrogen-bond donors (Lipinski definition) is 1. The minimum Gasteiger partial charge on any atom is -0.372 e. The van der Waals surface area contributed by atoms with Crippen LogP contribution < -0.4 is 10.2 Å². The van der Waals surface area contributed by atoms with E-state index in [1.54, 1.807) is 0 Å². The lowest BCUT2D eigenvalue weighted by atomic mass is 9.95. The molecule has 2 unspecified atom stereocenters. The smallest absolute Gasteiger partial charge is 0.226 e. The number of nitrogens with one attached hydrogen (secondary N) is 1. The number of benzene rings is 1. The van der Waals surface area contributed by atoms with Gasteiger partial charge >= 0.3 is 0 Å². The highest BCUT2D eigenvalue weighted by Crippen LogP contribution is 2.28. The first-order valence-electron chi connectivity index (χ1n) is 7.92. The van der Waals surface area contributed by atoms with Crippen LogP contribution in [0.4, 0.5) is 5.69 Å². The third kappa shape index (κ3) is 2.80. The van der Waals surface area contributed by atoms with Crippen molar-refractivity contribution in [3.05, 3.63) is 29.8 Å². The number of piperidine rings is 1. The van der Waals surface area contributed by atoms with Crippen molar-refractivity contribution < 1.29 is 9.59 Å². The van der Waals surface area contributed by atoms with Crippen molar-refractivity contribution in [2.75, 3.05) is 25.0 Å². The molecular formula is C17H23N3O2. The Morgan fingerprint density at radius 2 is 2.09 bits per heavy atom. The number of nitrogens with zero attached hydrogens (tertiary/aromatic N) is 2. The standard InChI is InChI=1S/C17H23N3O2/c1-12-10-19(2)15-6-4-3-5-14(15)11-20(12)17(22)13-7-8-18-16(21)9-13/h3-6,12-13H,7-11H2,1-2H3,(H,18,21). The molecule has 5 heteroatoms. The van der Waals surface area contributed by atoms with E-state index in [0.29, 0.717) is 19.5 Å². The number of hydrogen-bond acceptors (Lipinski definition) is 3. The van der Waals surface area contributed by atoms with Crippen LogP contribution in [0.25, 0.3) is 0 Å². The van der Waals surface area contributed by atoms with E-state index in [2.05, 4.69) is 36.3 Å². The van der Waals surface area contributed by atoms with E-state index < -0.39 is 0 Å². The molecule has 1 aromatic carbocycles. The topological polar surface area (TPSA) is 52.6 Å². The SMILES string of the molecule is CC1CN(C)c2ccccc2CN1C(=O)C1CCNC(=O)C1. The quantitative estimate of drug-likeness (QED) is 0.852. The van der Waals surface area contributed by atoms with Crippen LogP contribution in [0.3, 0.4) is 0 Å². The molecule has 2 amide bonds. The van der Waals surface area contributed by atoms with Crippen LogP contribution in [0.1, 0.15) is 25.3 Å². The maximum Gasteiger partial charge on any atom is 0.226 e. The van der Waals surface area contributed by atoms with Gasteiger partial charge in [0.2, 0.25) is 11.8 Å². The summed E-state index contributed by atoms with van der Waals surface area (Å²) in [6.07, 6.45) is 1.06. The molecule has 1 saturated heterocycles. The van der Waals surface area contributed by atoms with Crippen molar-refractivity contribution >= 4 is 17.5 Å². The predicted molar refractivity (Wildman–Crippen MR) is 85.5 cm³/mol. The van der Waals surface area contributed by atoms with Crippen molar-refractivity contribution in [1.82, 2.24) is 10.2 Å². The number of amides is 2. The molecule has 0 spiro atoms. The highest BCUT2D eigenvalue weighted by Gasteiger charge is 2.33. The fourth-order valence-electron chi connectivity index (χ4n) is 3.47. The molecule has 0 aliphatic carbocycles. The predicted octanol–water partition coefficient (Wildman–Crippen LogP) is 1.38. The van der Waals surface area contributed by atoms with E-state index in [4.69, 9.17) is 0 Å². The Morgan fingerprint density at radius 1 is 1.32 bits per heavy atom. The summed E-state index contributed by atoms with van der Waals surface area (Å²) in [6, 6.07) is 8.36. The van der Waals surface area contributed by atoms with Gasteiger partial charge in [-0.3, -0.25) is 9.59 Å². The lowest BCUT2D eigenvalue weighted by molar-refractivity contribution is -0.142. The molecule has 0 saturated carbocycles. The molecular weight excluding hydrogens is 278 g/mol. The summed E-state index contributed by atoms with van der Waals surface area (Å²) in [7, 11) is 2.07. The molecule has 2 heterocycles. The number of likely N-dealkylation sites (N-methyl/N-ethyl adjacent to an activating group) is 1. The molecule has 1 aromatic rings. The van der Waals surface area contributed by atoms with Crippen LogP contribution in [0.15, 0.2) is 24.3 Å². The third-order valence-corrected chi connectivity index (χ3v) is 4.69. The summed E-state index contributed by atoms with van der Waals surface area (Å²) in [5, 5.41) is 2.80. The Morgan fingerprint density at radius 3 is 2.86 bits per heavy atom. The number of fused-ring (bicyclic) bond motifs is 1. The van der Waals surface area contributed by atoms with E-state index in [9.17, 15) is 9.59 Å². The van der Waals surface area contributed by atoms with Crippen LogP contribution in [-0.2, 0) is 16.1 Å². The van der Waals surface area contributed by atoms with Crippen LogP contribution in [0.5, 0.6) is 0 Å². The van der Waals surface area contributed by atoms with Crippen LogP contribution in [0.2, 0.25) is 0 Å². The molecule has 3 rings (SSSR count). The zero-order valence-electron chi connectivity index (χ0n) is 13.2. The van der Waals surface area contributed by atoms with Crippen molar-refractivity contribution in [1.29, 1.82) is 0 Å². The summed E-state index contributed by atoms with van der Waals surface area (Å²) in [5.74, 6) is -0.0659. The molecule has 0 bridgehead atoms. The van der Waals surface area contributed by atoms with Crippen LogP contribution >= 0.6 is 0 Å². The minimum atomic E-state index is -0.174. The summed E-state index contributed by atoms with van der Waals surface area (Å²) in [6.45, 7) is 4.12. The molecule has 22 heavy (non-hydrogen) atoms. The monoisotopic (exact) mass is 301 g/mol. The fraction of sp³-hybridized carbons (Fsp3) is 0.529. The lowest BCUT2D eigenvalue weighted by Gasteiger charge is -2.33. The van der Waals surface area contributed by atoms with Gasteiger partial charge in [-0.25, -0.2) is 0 Å². The average molecular weight is 301 g/mol. The summed E-state index contributed by atoms with van der Waals surface area (Å²) in [5.41, 5.74) is 2.36. The number of carbonyl (C=O) groups is 2. The van der Waals surface area contributed by atoms with E-state index >= 15 is 0 Å². The Hall–Kier alpha value is -2.04. The van der Waals surface area contributed by atoms with Crippen molar-refractivity contribution in [3.63, 3.8) is 0 Å². The molecule has 5 nitrogen and oxygen atoms in total. The average Bonchev–Trinajstić information content (AvgIpc) is 2.63. The van der Waals surface area contributed by atoms with Crippen molar-refractivity contribution in [3.8, 4) is 0 Å². The molecule has 2 aliphatic rings. The number of para-hydroxylation sites is 1. The minimum absolute atomic E-state index is 0.00964. The highest BCUT2D eigenvalue weighted by molar-refractivity contribution is 5.87. The first-order chi connectivity index (χ1) is 10.6. The molecule has 118 valence electrons. The van der Waals surface area contributed by atoms with Gasteiger partial charge in [-0.15, -0.1) is 0 Å². The lowest BCUT2D eigenvalue weighted by Crippen LogP contribution is -2.47. The largest absolute Gasteiger partial charge is 0.372 e. The Balaban J connectivity index is 1.84. The molecule has 0 aromatic heterocycles. The van der Waals surface area contributed by atoms with Crippen LogP contribution in [-0.4, -0.2) is 42.9 Å². The number of carbonyl (C=O) groups excluding carboxylic acids is 2. The van der Waals surface area contributed by atoms with Gasteiger partial charge in [-0.05, 0) is 25.0 Å². The first kappa shape index (κ1) is 14.9. The summed E-state index contributed by atoms with van der Waals surface area (Å²) in [4.78, 5) is 28.6. The van der Waals surface area contributed by atoms with E-state index in [1.165, 1.54) is 11.3 Å². The molecule has 0 radical (unpaired) electrons. The summed E-state index contributed by atoms with van der Waals surface area (Å²) < 4.78 is 0. The van der Waals surface area contributed by atoms with Gasteiger partial charge in [-0.1, -0.05) is 18.2 Å². The normalized spacial score (nSPS) is 25.3. The Bertz CT molecular complexity index is 587. The number of anilines is 1. The first-order valence-corrected chi connectivity index (χ1v) is 7.92. The van der Waals surface area contributed by atoms with Gasteiger partial charge in [-0.2, -0.15) is 0 Å². The Labute approximate surface area is 131 Å². The van der Waals surface area contributed by atoms with Crippen molar-refractivity contribution in [2.45, 2.75) is 32.4 Å². The van der Waals surface area contributed by atoms with Gasteiger partial charge in [0.25, 0.3) is 0 Å². The van der Waals surface area contributed by atoms with E-state index in [1.807, 2.05) is 17.0 Å². The van der Waals surface area contributed by atoms with Crippen LogP contribution in [0, 0.1) is 5.92 Å². The zero-order valence-corrected chi connectivity index (χ0v) is 13.2. The maximum absolute atomic E-state index is 12.9. The Kier molecular flexibility index (Phi) is 4.05.